The Hall–Kier alpha value is -2.51. The average Bonchev–Trinajstić information content (AvgIpc) is 2.95. The molecule has 0 bridgehead atoms. The summed E-state index contributed by atoms with van der Waals surface area (Å²) in [6, 6.07) is 14.0. The number of rotatable bonds is 5. The molecular weight excluding hydrogens is 551 g/mol. The molecule has 3 heterocycles. The molecule has 1 saturated heterocycles. The van der Waals surface area contributed by atoms with Crippen LogP contribution in [0.3, 0.4) is 0 Å². The third kappa shape index (κ3) is 10.7. The summed E-state index contributed by atoms with van der Waals surface area (Å²) in [6.07, 6.45) is 0. The van der Waals surface area contributed by atoms with Gasteiger partial charge in [0.05, 0.1) is 64.2 Å². The monoisotopic (exact) mass is 590 g/mol. The summed E-state index contributed by atoms with van der Waals surface area (Å²) in [5.41, 5.74) is 1.79. The molecule has 0 spiro atoms. The lowest BCUT2D eigenvalue weighted by atomic mass is 10.2. The molecule has 3 N–H and O–H groups in total. The lowest BCUT2D eigenvalue weighted by Gasteiger charge is -2.23. The Labute approximate surface area is 240 Å². The van der Waals surface area contributed by atoms with Crippen LogP contribution in [-0.4, -0.2) is 114 Å². The topological polar surface area (TPSA) is 147 Å². The number of pyridine rings is 2. The summed E-state index contributed by atoms with van der Waals surface area (Å²) in [5.74, 6) is 0.171. The number of benzene rings is 1. The largest absolute Gasteiger partial charge is 0.506 e. The van der Waals surface area contributed by atoms with E-state index in [2.05, 4.69) is 19.8 Å². The summed E-state index contributed by atoms with van der Waals surface area (Å²) in [5, 5.41) is 11.1. The Balaban J connectivity index is 1.27. The van der Waals surface area contributed by atoms with Crippen LogP contribution < -0.4 is 5.44 Å². The summed E-state index contributed by atoms with van der Waals surface area (Å²) in [6.45, 7) is 7.41. The normalized spacial score (nSPS) is 18.6. The van der Waals surface area contributed by atoms with Crippen LogP contribution in [0, 0.1) is 0 Å². The van der Waals surface area contributed by atoms with Crippen molar-refractivity contribution in [2.75, 3.05) is 79.0 Å². The van der Waals surface area contributed by atoms with Gasteiger partial charge in [0.2, 0.25) is 0 Å². The second-order valence-corrected chi connectivity index (χ2v) is 11.2. The highest BCUT2D eigenvalue weighted by Gasteiger charge is 2.19. The van der Waals surface area contributed by atoms with Crippen molar-refractivity contribution in [3.05, 3.63) is 59.9 Å². The minimum atomic E-state index is -4.42. The van der Waals surface area contributed by atoms with Gasteiger partial charge in [-0.1, -0.05) is 24.3 Å². The van der Waals surface area contributed by atoms with E-state index < -0.39 is 7.60 Å². The quantitative estimate of drug-likeness (QED) is 0.370. The van der Waals surface area contributed by atoms with E-state index in [4.69, 9.17) is 18.9 Å². The van der Waals surface area contributed by atoms with Crippen molar-refractivity contribution in [2.45, 2.75) is 13.1 Å². The molecule has 0 saturated carbocycles. The minimum absolute atomic E-state index is 0.171. The molecule has 13 heteroatoms. The summed E-state index contributed by atoms with van der Waals surface area (Å²) < 4.78 is 34.8. The SMILES string of the molecule is O=P(O)(O)c1cccc(CN2CCOCCOCCN(Cc3ccc4cccc(O)c4n3)CCOCCOCC2)n1. The first-order chi connectivity index (χ1) is 19.9. The second kappa shape index (κ2) is 16.2. The van der Waals surface area contributed by atoms with Crippen LogP contribution >= 0.6 is 7.60 Å². The van der Waals surface area contributed by atoms with Gasteiger partial charge in [0, 0.05) is 44.7 Å². The number of para-hydroxylation sites is 1. The number of aromatic hydroxyl groups is 1. The Morgan fingerprint density at radius 2 is 1.17 bits per heavy atom. The first-order valence-corrected chi connectivity index (χ1v) is 15.3. The Morgan fingerprint density at radius 3 is 1.71 bits per heavy atom. The van der Waals surface area contributed by atoms with Crippen molar-refractivity contribution in [1.29, 1.82) is 0 Å². The fraction of sp³-hybridized carbons (Fsp3) is 0.500. The van der Waals surface area contributed by atoms with Crippen molar-refractivity contribution in [3.8, 4) is 5.75 Å². The smallest absolute Gasteiger partial charge is 0.374 e. The molecule has 1 aliphatic heterocycles. The maximum absolute atomic E-state index is 11.6. The number of fused-ring (bicyclic) bond motifs is 1. The van der Waals surface area contributed by atoms with Crippen LogP contribution in [0.15, 0.2) is 48.5 Å². The molecule has 1 fully saturated rings. The Kier molecular flexibility index (Phi) is 12.4. The first kappa shape index (κ1) is 31.4. The molecule has 12 nitrogen and oxygen atoms in total. The molecule has 1 aliphatic rings. The van der Waals surface area contributed by atoms with E-state index >= 15 is 0 Å². The maximum Gasteiger partial charge on any atom is 0.374 e. The van der Waals surface area contributed by atoms with Gasteiger partial charge in [-0.3, -0.25) is 14.4 Å². The molecule has 224 valence electrons. The molecule has 0 radical (unpaired) electrons. The maximum atomic E-state index is 11.6. The van der Waals surface area contributed by atoms with Crippen molar-refractivity contribution < 1.29 is 38.4 Å². The molecule has 0 atom stereocenters. The number of phenolic OH excluding ortho intramolecular Hbond substituents is 1. The number of aromatic nitrogens is 2. The third-order valence-electron chi connectivity index (χ3n) is 6.57. The number of hydrogen-bond donors (Lipinski definition) is 3. The highest BCUT2D eigenvalue weighted by Crippen LogP contribution is 2.31. The molecule has 3 aromatic rings. The van der Waals surface area contributed by atoms with Crippen LogP contribution in [0.2, 0.25) is 0 Å². The first-order valence-electron chi connectivity index (χ1n) is 13.7. The van der Waals surface area contributed by atoms with E-state index in [1.54, 1.807) is 24.3 Å². The highest BCUT2D eigenvalue weighted by atomic mass is 31.2. The van der Waals surface area contributed by atoms with Crippen molar-refractivity contribution >= 4 is 23.9 Å². The van der Waals surface area contributed by atoms with E-state index in [1.165, 1.54) is 6.07 Å². The number of ether oxygens (including phenoxy) is 4. The lowest BCUT2D eigenvalue weighted by molar-refractivity contribution is 0.00600. The van der Waals surface area contributed by atoms with Gasteiger partial charge in [0.15, 0.2) is 5.44 Å². The van der Waals surface area contributed by atoms with Crippen LogP contribution in [0.5, 0.6) is 5.75 Å². The molecule has 0 amide bonds. The van der Waals surface area contributed by atoms with Gasteiger partial charge in [-0.25, -0.2) is 9.97 Å². The van der Waals surface area contributed by atoms with Crippen molar-refractivity contribution in [2.24, 2.45) is 0 Å². The van der Waals surface area contributed by atoms with Crippen LogP contribution in [-0.2, 0) is 36.6 Å². The molecule has 0 unspecified atom stereocenters. The standard InChI is InChI=1S/C28H39N4O8P/c33-26-5-1-3-23-7-8-25(30-28(23)26)22-32-11-15-39-19-17-37-13-9-31(10-14-38-18-20-40-16-12-32)21-24-4-2-6-27(29-24)41(34,35)36/h1-8,33H,9-22H2,(H2,34,35,36). The molecule has 41 heavy (non-hydrogen) atoms. The van der Waals surface area contributed by atoms with Gasteiger partial charge in [-0.05, 0) is 24.3 Å². The number of phenols is 1. The van der Waals surface area contributed by atoms with E-state index in [9.17, 15) is 19.5 Å². The van der Waals surface area contributed by atoms with Gasteiger partial charge < -0.3 is 33.8 Å². The molecule has 0 aliphatic carbocycles. The van der Waals surface area contributed by atoms with E-state index in [1.807, 2.05) is 18.2 Å². The predicted octanol–water partition coefficient (Wildman–Crippen LogP) is 1.52. The Bertz CT molecular complexity index is 1260. The zero-order valence-electron chi connectivity index (χ0n) is 23.1. The average molecular weight is 591 g/mol. The van der Waals surface area contributed by atoms with Crippen LogP contribution in [0.1, 0.15) is 11.4 Å². The summed E-state index contributed by atoms with van der Waals surface area (Å²) in [7, 11) is -4.42. The summed E-state index contributed by atoms with van der Waals surface area (Å²) in [4.78, 5) is 32.0. The van der Waals surface area contributed by atoms with E-state index in [0.717, 1.165) is 11.1 Å². The molecule has 1 aromatic carbocycles. The predicted molar refractivity (Wildman–Crippen MR) is 153 cm³/mol. The fourth-order valence-corrected chi connectivity index (χ4v) is 4.93. The van der Waals surface area contributed by atoms with E-state index in [0.29, 0.717) is 103 Å². The number of hydrogen-bond acceptors (Lipinski definition) is 10. The van der Waals surface area contributed by atoms with Gasteiger partial charge in [-0.15, -0.1) is 0 Å². The van der Waals surface area contributed by atoms with Crippen LogP contribution in [0.25, 0.3) is 10.9 Å². The van der Waals surface area contributed by atoms with E-state index in [-0.39, 0.29) is 11.2 Å². The fourth-order valence-electron chi connectivity index (χ4n) is 4.39. The van der Waals surface area contributed by atoms with Gasteiger partial charge >= 0.3 is 7.60 Å². The molecule has 2 aromatic heterocycles. The third-order valence-corrected chi connectivity index (χ3v) is 7.42. The molecule has 4 rings (SSSR count). The zero-order chi connectivity index (χ0) is 28.9. The second-order valence-electron chi connectivity index (χ2n) is 9.68. The van der Waals surface area contributed by atoms with Crippen molar-refractivity contribution in [3.63, 3.8) is 0 Å². The van der Waals surface area contributed by atoms with Gasteiger partial charge in [0.25, 0.3) is 0 Å². The zero-order valence-corrected chi connectivity index (χ0v) is 24.0. The van der Waals surface area contributed by atoms with Crippen LogP contribution in [0.4, 0.5) is 0 Å². The minimum Gasteiger partial charge on any atom is -0.506 e. The van der Waals surface area contributed by atoms with Gasteiger partial charge in [-0.2, -0.15) is 0 Å². The van der Waals surface area contributed by atoms with Gasteiger partial charge in [0.1, 0.15) is 11.3 Å². The lowest BCUT2D eigenvalue weighted by Crippen LogP contribution is -2.33. The Morgan fingerprint density at radius 1 is 0.659 bits per heavy atom. The molecular formula is C28H39N4O8P. The van der Waals surface area contributed by atoms with Crippen molar-refractivity contribution in [1.82, 2.24) is 19.8 Å². The highest BCUT2D eigenvalue weighted by molar-refractivity contribution is 7.60. The summed E-state index contributed by atoms with van der Waals surface area (Å²) >= 11 is 0. The number of nitrogens with zero attached hydrogens (tertiary/aromatic N) is 4.